The van der Waals surface area contributed by atoms with Gasteiger partial charge in [-0.25, -0.2) is 4.98 Å². The topological polar surface area (TPSA) is 47.0 Å². The van der Waals surface area contributed by atoms with E-state index in [1.807, 2.05) is 66.7 Å². The largest absolute Gasteiger partial charge is 0.288 e. The number of carbonyl (C=O) groups is 2. The number of pyridine rings is 1. The predicted octanol–water partition coefficient (Wildman–Crippen LogP) is 5.83. The molecule has 0 saturated carbocycles. The van der Waals surface area contributed by atoms with Crippen molar-refractivity contribution in [1.82, 2.24) is 4.98 Å². The fourth-order valence-corrected chi connectivity index (χ4v) is 4.43. The molecule has 0 spiro atoms. The lowest BCUT2D eigenvalue weighted by atomic mass is 9.81. The van der Waals surface area contributed by atoms with Crippen LogP contribution in [0.1, 0.15) is 32.0 Å². The number of rotatable bonds is 1. The van der Waals surface area contributed by atoms with Gasteiger partial charge in [0.25, 0.3) is 0 Å². The maximum atomic E-state index is 13.6. The lowest BCUT2D eigenvalue weighted by molar-refractivity contribution is 0.0976. The van der Waals surface area contributed by atoms with Crippen LogP contribution in [0, 0.1) is 0 Å². The van der Waals surface area contributed by atoms with Crippen LogP contribution >= 0.6 is 0 Å². The first-order valence-corrected chi connectivity index (χ1v) is 9.83. The van der Waals surface area contributed by atoms with E-state index >= 15 is 0 Å². The summed E-state index contributed by atoms with van der Waals surface area (Å²) in [6.07, 6.45) is 0. The zero-order valence-corrected chi connectivity index (χ0v) is 15.9. The highest BCUT2D eigenvalue weighted by atomic mass is 16.1. The van der Waals surface area contributed by atoms with Gasteiger partial charge in [-0.15, -0.1) is 0 Å². The van der Waals surface area contributed by atoms with Crippen molar-refractivity contribution < 1.29 is 9.59 Å². The molecular formula is C27H15NO2. The molecule has 0 atom stereocenters. The normalized spacial score (nSPS) is 12.8. The van der Waals surface area contributed by atoms with E-state index in [0.717, 1.165) is 32.8 Å². The predicted molar refractivity (Wildman–Crippen MR) is 118 cm³/mol. The smallest absolute Gasteiger partial charge is 0.212 e. The van der Waals surface area contributed by atoms with Crippen molar-refractivity contribution in [2.75, 3.05) is 0 Å². The lowest BCUT2D eigenvalue weighted by Gasteiger charge is -2.22. The van der Waals surface area contributed by atoms with E-state index in [1.54, 1.807) is 24.3 Å². The first kappa shape index (κ1) is 16.8. The molecule has 0 saturated heterocycles. The summed E-state index contributed by atoms with van der Waals surface area (Å²) >= 11 is 0. The van der Waals surface area contributed by atoms with E-state index in [4.69, 9.17) is 4.98 Å². The number of ketones is 2. The summed E-state index contributed by atoms with van der Waals surface area (Å²) < 4.78 is 0. The van der Waals surface area contributed by atoms with Crippen molar-refractivity contribution in [2.45, 2.75) is 0 Å². The maximum absolute atomic E-state index is 13.6. The Kier molecular flexibility index (Phi) is 3.47. The number of hydrogen-bond donors (Lipinski definition) is 0. The molecule has 140 valence electrons. The van der Waals surface area contributed by atoms with Crippen molar-refractivity contribution in [3.63, 3.8) is 0 Å². The highest BCUT2D eigenvalue weighted by Crippen LogP contribution is 2.40. The zero-order chi connectivity index (χ0) is 20.2. The average molecular weight is 385 g/mol. The number of aromatic nitrogens is 1. The van der Waals surface area contributed by atoms with Crippen LogP contribution in [0.15, 0.2) is 91.0 Å². The van der Waals surface area contributed by atoms with Gasteiger partial charge < -0.3 is 0 Å². The summed E-state index contributed by atoms with van der Waals surface area (Å²) in [7, 11) is 0. The molecule has 1 aliphatic carbocycles. The molecule has 5 aromatic rings. The highest BCUT2D eigenvalue weighted by Gasteiger charge is 2.34. The van der Waals surface area contributed by atoms with E-state index in [-0.39, 0.29) is 17.3 Å². The quantitative estimate of drug-likeness (QED) is 0.335. The zero-order valence-electron chi connectivity index (χ0n) is 15.9. The Labute approximate surface area is 172 Å². The molecule has 0 bridgehead atoms. The molecule has 30 heavy (non-hydrogen) atoms. The van der Waals surface area contributed by atoms with Gasteiger partial charge >= 0.3 is 0 Å². The van der Waals surface area contributed by atoms with Crippen molar-refractivity contribution in [3.05, 3.63) is 113 Å². The van der Waals surface area contributed by atoms with Gasteiger partial charge in [0, 0.05) is 27.5 Å². The van der Waals surface area contributed by atoms with Crippen molar-refractivity contribution >= 4 is 33.2 Å². The van der Waals surface area contributed by atoms with Crippen LogP contribution in [-0.2, 0) is 0 Å². The molecule has 1 heterocycles. The van der Waals surface area contributed by atoms with E-state index in [9.17, 15) is 9.59 Å². The van der Waals surface area contributed by atoms with Gasteiger partial charge in [0.2, 0.25) is 5.78 Å². The molecule has 0 N–H and O–H groups in total. The molecule has 3 nitrogen and oxygen atoms in total. The van der Waals surface area contributed by atoms with Gasteiger partial charge in [0.1, 0.15) is 5.69 Å². The number of hydrogen-bond acceptors (Lipinski definition) is 3. The van der Waals surface area contributed by atoms with E-state index in [1.165, 1.54) is 0 Å². The fourth-order valence-electron chi connectivity index (χ4n) is 4.43. The van der Waals surface area contributed by atoms with Crippen LogP contribution in [0.25, 0.3) is 32.8 Å². The van der Waals surface area contributed by atoms with Crippen molar-refractivity contribution in [3.8, 4) is 11.1 Å². The molecule has 1 aliphatic rings. The van der Waals surface area contributed by atoms with E-state index < -0.39 is 0 Å². The fraction of sp³-hybridized carbons (Fsp3) is 0. The van der Waals surface area contributed by atoms with Crippen molar-refractivity contribution in [1.29, 1.82) is 0 Å². The Morgan fingerprint density at radius 3 is 2.00 bits per heavy atom. The van der Waals surface area contributed by atoms with Gasteiger partial charge in [-0.2, -0.15) is 0 Å². The second kappa shape index (κ2) is 6.19. The first-order valence-electron chi connectivity index (χ1n) is 9.83. The first-order chi connectivity index (χ1) is 14.7. The Morgan fingerprint density at radius 2 is 1.20 bits per heavy atom. The summed E-state index contributed by atoms with van der Waals surface area (Å²) in [6.45, 7) is 0. The van der Waals surface area contributed by atoms with Gasteiger partial charge in [0.15, 0.2) is 5.78 Å². The molecule has 0 fully saturated rings. The minimum absolute atomic E-state index is 0.151. The van der Waals surface area contributed by atoms with Crippen LogP contribution in [0.3, 0.4) is 0 Å². The molecule has 0 amide bonds. The SMILES string of the molecule is O=C1c2ccccc2C(=O)c2c1nc1c(ccc3ccccc31)c2-c1ccccc1. The van der Waals surface area contributed by atoms with Crippen LogP contribution in [-0.4, -0.2) is 16.6 Å². The summed E-state index contributed by atoms with van der Waals surface area (Å²) in [5.74, 6) is -0.353. The van der Waals surface area contributed by atoms with Crippen molar-refractivity contribution in [2.24, 2.45) is 0 Å². The minimum Gasteiger partial charge on any atom is -0.288 e. The van der Waals surface area contributed by atoms with Gasteiger partial charge in [-0.05, 0) is 10.9 Å². The lowest BCUT2D eigenvalue weighted by Crippen LogP contribution is -2.23. The Morgan fingerprint density at radius 1 is 0.533 bits per heavy atom. The third kappa shape index (κ3) is 2.23. The molecule has 1 aromatic heterocycles. The minimum atomic E-state index is -0.202. The monoisotopic (exact) mass is 385 g/mol. The summed E-state index contributed by atoms with van der Waals surface area (Å²) in [6, 6.07) is 28.8. The standard InChI is InChI=1S/C27H15NO2/c29-26-19-12-6-7-13-20(19)27(30)25-23(26)22(17-9-2-1-3-10-17)21-15-14-16-8-4-5-11-18(16)24(21)28-25/h1-15H. The van der Waals surface area contributed by atoms with Crippen LogP contribution in [0.2, 0.25) is 0 Å². The molecule has 3 heteroatoms. The second-order valence-electron chi connectivity index (χ2n) is 7.46. The Balaban J connectivity index is 1.83. The van der Waals surface area contributed by atoms with Gasteiger partial charge in [-0.1, -0.05) is 91.0 Å². The summed E-state index contributed by atoms with van der Waals surface area (Å²) in [5.41, 5.74) is 3.90. The summed E-state index contributed by atoms with van der Waals surface area (Å²) in [5, 5.41) is 2.89. The van der Waals surface area contributed by atoms with E-state index in [2.05, 4.69) is 0 Å². The van der Waals surface area contributed by atoms with Crippen LogP contribution in [0.5, 0.6) is 0 Å². The molecule has 0 radical (unpaired) electrons. The molecule has 0 aliphatic heterocycles. The van der Waals surface area contributed by atoms with Crippen LogP contribution in [0.4, 0.5) is 0 Å². The molecule has 4 aromatic carbocycles. The second-order valence-corrected chi connectivity index (χ2v) is 7.46. The van der Waals surface area contributed by atoms with E-state index in [0.29, 0.717) is 16.7 Å². The number of fused-ring (bicyclic) bond motifs is 5. The van der Waals surface area contributed by atoms with Gasteiger partial charge in [-0.3, -0.25) is 9.59 Å². The highest BCUT2D eigenvalue weighted by molar-refractivity contribution is 6.32. The Hall–Kier alpha value is -4.11. The Bertz CT molecular complexity index is 1520. The third-order valence-corrected chi connectivity index (χ3v) is 5.80. The van der Waals surface area contributed by atoms with Gasteiger partial charge in [0.05, 0.1) is 11.1 Å². The molecule has 6 rings (SSSR count). The number of nitrogens with zero attached hydrogens (tertiary/aromatic N) is 1. The third-order valence-electron chi connectivity index (χ3n) is 5.80. The summed E-state index contributed by atoms with van der Waals surface area (Å²) in [4.78, 5) is 31.8. The maximum Gasteiger partial charge on any atom is 0.212 e. The number of benzene rings is 4. The molecular weight excluding hydrogens is 370 g/mol. The molecule has 0 unspecified atom stereocenters. The van der Waals surface area contributed by atoms with Crippen LogP contribution < -0.4 is 0 Å². The average Bonchev–Trinajstić information content (AvgIpc) is 2.81. The number of carbonyl (C=O) groups excluding carboxylic acids is 2.